The number of aromatic nitrogens is 2. The molecule has 0 spiro atoms. The molecule has 1 fully saturated rings. The van der Waals surface area contributed by atoms with Crippen LogP contribution in [0, 0.1) is 6.92 Å². The maximum Gasteiger partial charge on any atom is 0.257 e. The van der Waals surface area contributed by atoms with Crippen molar-refractivity contribution in [2.75, 3.05) is 26.2 Å². The number of rotatable bonds is 5. The second kappa shape index (κ2) is 7.45. The SMILES string of the molecule is Cc1c(C(=O)N2CCC(OCCCN)CC2)cnn1C(C)(C)C. The van der Waals surface area contributed by atoms with E-state index in [4.69, 9.17) is 10.5 Å². The van der Waals surface area contributed by atoms with Gasteiger partial charge in [0.1, 0.15) is 0 Å². The van der Waals surface area contributed by atoms with E-state index in [2.05, 4.69) is 25.9 Å². The Bertz CT molecular complexity index is 525. The van der Waals surface area contributed by atoms with Crippen LogP contribution in [0.1, 0.15) is 56.1 Å². The fourth-order valence-corrected chi connectivity index (χ4v) is 3.03. The lowest BCUT2D eigenvalue weighted by atomic mass is 10.1. The van der Waals surface area contributed by atoms with Gasteiger partial charge in [-0.3, -0.25) is 9.48 Å². The third kappa shape index (κ3) is 4.32. The molecule has 1 aliphatic rings. The molecule has 23 heavy (non-hydrogen) atoms. The first kappa shape index (κ1) is 17.9. The van der Waals surface area contributed by atoms with Gasteiger partial charge in [0.25, 0.3) is 5.91 Å². The Balaban J connectivity index is 1.94. The van der Waals surface area contributed by atoms with Gasteiger partial charge in [-0.05, 0) is 53.5 Å². The Morgan fingerprint density at radius 1 is 1.39 bits per heavy atom. The zero-order valence-corrected chi connectivity index (χ0v) is 14.8. The first-order chi connectivity index (χ1) is 10.8. The minimum atomic E-state index is -0.119. The summed E-state index contributed by atoms with van der Waals surface area (Å²) in [6.45, 7) is 11.1. The predicted molar refractivity (Wildman–Crippen MR) is 90.5 cm³/mol. The fourth-order valence-electron chi connectivity index (χ4n) is 3.03. The van der Waals surface area contributed by atoms with Crippen molar-refractivity contribution in [3.8, 4) is 0 Å². The van der Waals surface area contributed by atoms with Gasteiger partial charge >= 0.3 is 0 Å². The van der Waals surface area contributed by atoms with Gasteiger partial charge in [0.05, 0.1) is 23.4 Å². The number of carbonyl (C=O) groups is 1. The van der Waals surface area contributed by atoms with Crippen molar-refractivity contribution in [3.05, 3.63) is 17.5 Å². The van der Waals surface area contributed by atoms with Crippen molar-refractivity contribution in [3.63, 3.8) is 0 Å². The molecule has 0 radical (unpaired) electrons. The van der Waals surface area contributed by atoms with Crippen LogP contribution >= 0.6 is 0 Å². The van der Waals surface area contributed by atoms with Gasteiger partial charge < -0.3 is 15.4 Å². The van der Waals surface area contributed by atoms with Crippen molar-refractivity contribution < 1.29 is 9.53 Å². The summed E-state index contributed by atoms with van der Waals surface area (Å²) in [4.78, 5) is 14.7. The van der Waals surface area contributed by atoms with Crippen LogP contribution in [0.5, 0.6) is 0 Å². The summed E-state index contributed by atoms with van der Waals surface area (Å²) in [7, 11) is 0. The lowest BCUT2D eigenvalue weighted by Gasteiger charge is -2.32. The third-order valence-electron chi connectivity index (χ3n) is 4.31. The van der Waals surface area contributed by atoms with Gasteiger partial charge in [-0.1, -0.05) is 0 Å². The van der Waals surface area contributed by atoms with Crippen molar-refractivity contribution in [1.29, 1.82) is 0 Å². The first-order valence-electron chi connectivity index (χ1n) is 8.50. The van der Waals surface area contributed by atoms with E-state index in [1.165, 1.54) is 0 Å². The average Bonchev–Trinajstić information content (AvgIpc) is 2.89. The van der Waals surface area contributed by atoms with Gasteiger partial charge in [-0.2, -0.15) is 5.10 Å². The van der Waals surface area contributed by atoms with Crippen molar-refractivity contribution in [1.82, 2.24) is 14.7 Å². The highest BCUT2D eigenvalue weighted by molar-refractivity contribution is 5.95. The topological polar surface area (TPSA) is 73.4 Å². The van der Waals surface area contributed by atoms with Crippen LogP contribution in [-0.2, 0) is 10.3 Å². The van der Waals surface area contributed by atoms with Gasteiger partial charge in [-0.25, -0.2) is 0 Å². The smallest absolute Gasteiger partial charge is 0.257 e. The molecule has 2 rings (SSSR count). The molecule has 0 saturated carbocycles. The van der Waals surface area contributed by atoms with Gasteiger partial charge in [0.2, 0.25) is 0 Å². The van der Waals surface area contributed by atoms with E-state index < -0.39 is 0 Å². The minimum absolute atomic E-state index is 0.0819. The molecule has 0 atom stereocenters. The number of nitrogens with zero attached hydrogens (tertiary/aromatic N) is 3. The Kier molecular flexibility index (Phi) is 5.81. The summed E-state index contributed by atoms with van der Waals surface area (Å²) in [5.41, 5.74) is 7.00. The van der Waals surface area contributed by atoms with Crippen LogP contribution in [0.4, 0.5) is 0 Å². The number of nitrogens with two attached hydrogens (primary N) is 1. The molecule has 2 N–H and O–H groups in total. The molecule has 6 nitrogen and oxygen atoms in total. The zero-order chi connectivity index (χ0) is 17.0. The summed E-state index contributed by atoms with van der Waals surface area (Å²) < 4.78 is 7.71. The first-order valence-corrected chi connectivity index (χ1v) is 8.50. The van der Waals surface area contributed by atoms with Crippen LogP contribution in [0.25, 0.3) is 0 Å². The molecule has 2 heterocycles. The van der Waals surface area contributed by atoms with Crippen LogP contribution in [0.2, 0.25) is 0 Å². The summed E-state index contributed by atoms with van der Waals surface area (Å²) in [5.74, 6) is 0.0819. The molecule has 1 amide bonds. The van der Waals surface area contributed by atoms with Crippen LogP contribution < -0.4 is 5.73 Å². The molecule has 6 heteroatoms. The van der Waals surface area contributed by atoms with E-state index in [-0.39, 0.29) is 17.6 Å². The van der Waals surface area contributed by atoms with E-state index in [1.54, 1.807) is 6.20 Å². The fraction of sp³-hybridized carbons (Fsp3) is 0.765. The highest BCUT2D eigenvalue weighted by Crippen LogP contribution is 2.21. The molecule has 1 saturated heterocycles. The Hall–Kier alpha value is -1.40. The molecule has 0 unspecified atom stereocenters. The number of amides is 1. The minimum Gasteiger partial charge on any atom is -0.378 e. The monoisotopic (exact) mass is 322 g/mol. The highest BCUT2D eigenvalue weighted by Gasteiger charge is 2.27. The largest absolute Gasteiger partial charge is 0.378 e. The maximum absolute atomic E-state index is 12.7. The van der Waals surface area contributed by atoms with E-state index in [0.717, 1.165) is 38.0 Å². The van der Waals surface area contributed by atoms with Crippen molar-refractivity contribution in [2.45, 2.75) is 58.6 Å². The van der Waals surface area contributed by atoms with Crippen LogP contribution in [0.15, 0.2) is 6.20 Å². The standard InChI is InChI=1S/C17H30N4O2/c1-13-15(12-19-21(13)17(2,3)4)16(22)20-9-6-14(7-10-20)23-11-5-8-18/h12,14H,5-11,18H2,1-4H3. The predicted octanol–water partition coefficient (Wildman–Crippen LogP) is 1.92. The third-order valence-corrected chi connectivity index (χ3v) is 4.31. The average molecular weight is 322 g/mol. The molecule has 0 aliphatic carbocycles. The number of carbonyl (C=O) groups excluding carboxylic acids is 1. The maximum atomic E-state index is 12.7. The Labute approximate surface area is 139 Å². The van der Waals surface area contributed by atoms with Gasteiger partial charge in [0.15, 0.2) is 0 Å². The Morgan fingerprint density at radius 3 is 2.57 bits per heavy atom. The number of piperidine rings is 1. The lowest BCUT2D eigenvalue weighted by molar-refractivity contribution is 0.00842. The Morgan fingerprint density at radius 2 is 2.04 bits per heavy atom. The van der Waals surface area contributed by atoms with Crippen LogP contribution in [0.3, 0.4) is 0 Å². The van der Waals surface area contributed by atoms with Crippen molar-refractivity contribution >= 4 is 5.91 Å². The number of ether oxygens (including phenoxy) is 1. The summed E-state index contributed by atoms with van der Waals surface area (Å²) in [6, 6.07) is 0. The molecule has 1 aliphatic heterocycles. The van der Waals surface area contributed by atoms with E-state index in [9.17, 15) is 4.79 Å². The highest BCUT2D eigenvalue weighted by atomic mass is 16.5. The molecule has 1 aromatic rings. The molecule has 0 aromatic carbocycles. The lowest BCUT2D eigenvalue weighted by Crippen LogP contribution is -2.41. The summed E-state index contributed by atoms with van der Waals surface area (Å²) >= 11 is 0. The van der Waals surface area contributed by atoms with Gasteiger partial charge in [-0.15, -0.1) is 0 Å². The molecule has 130 valence electrons. The van der Waals surface area contributed by atoms with Gasteiger partial charge in [0, 0.05) is 25.4 Å². The number of likely N-dealkylation sites (tertiary alicyclic amines) is 1. The normalized spacial score (nSPS) is 16.8. The molecule has 1 aromatic heterocycles. The zero-order valence-electron chi connectivity index (χ0n) is 14.8. The van der Waals surface area contributed by atoms with E-state index >= 15 is 0 Å². The molecular weight excluding hydrogens is 292 g/mol. The summed E-state index contributed by atoms with van der Waals surface area (Å²) in [5, 5.41) is 4.40. The van der Waals surface area contributed by atoms with E-state index in [1.807, 2.05) is 16.5 Å². The van der Waals surface area contributed by atoms with E-state index in [0.29, 0.717) is 18.7 Å². The van der Waals surface area contributed by atoms with Crippen LogP contribution in [-0.4, -0.2) is 52.9 Å². The number of hydrogen-bond donors (Lipinski definition) is 1. The summed E-state index contributed by atoms with van der Waals surface area (Å²) in [6.07, 6.45) is 4.63. The second-order valence-electron chi connectivity index (χ2n) is 7.23. The number of hydrogen-bond acceptors (Lipinski definition) is 4. The second-order valence-corrected chi connectivity index (χ2v) is 7.23. The van der Waals surface area contributed by atoms with Crippen molar-refractivity contribution in [2.24, 2.45) is 5.73 Å². The molecular formula is C17H30N4O2. The molecule has 0 bridgehead atoms. The quantitative estimate of drug-likeness (QED) is 0.841.